The van der Waals surface area contributed by atoms with Gasteiger partial charge in [-0.15, -0.1) is 0 Å². The molecule has 35 heavy (non-hydrogen) atoms. The van der Waals surface area contributed by atoms with Crippen LogP contribution in [-0.2, 0) is 22.7 Å². The topological polar surface area (TPSA) is 75.7 Å². The Bertz CT molecular complexity index is 1310. The first-order chi connectivity index (χ1) is 16.4. The molecule has 0 atom stereocenters. The highest BCUT2D eigenvalue weighted by molar-refractivity contribution is 7.89. The molecule has 0 aliphatic rings. The van der Waals surface area contributed by atoms with E-state index in [1.807, 2.05) is 0 Å². The molecule has 3 aromatic rings. The molecule has 3 rings (SSSR count). The minimum Gasteiger partial charge on any atom is -0.494 e. The summed E-state index contributed by atoms with van der Waals surface area (Å²) in [6.45, 7) is 1.94. The van der Waals surface area contributed by atoms with Crippen LogP contribution in [0.5, 0.6) is 5.75 Å². The third-order valence-corrected chi connectivity index (χ3v) is 7.05. The largest absolute Gasteiger partial charge is 0.494 e. The van der Waals surface area contributed by atoms with E-state index in [4.69, 9.17) is 16.3 Å². The van der Waals surface area contributed by atoms with Gasteiger partial charge in [0.25, 0.3) is 5.91 Å². The molecule has 0 aliphatic heterocycles. The van der Waals surface area contributed by atoms with Gasteiger partial charge in [-0.25, -0.2) is 8.42 Å². The molecule has 186 valence electrons. The van der Waals surface area contributed by atoms with Gasteiger partial charge in [-0.1, -0.05) is 17.7 Å². The summed E-state index contributed by atoms with van der Waals surface area (Å²) in [5, 5.41) is 2.83. The van der Waals surface area contributed by atoms with Crippen LogP contribution in [0.4, 0.5) is 18.9 Å². The molecule has 0 unspecified atom stereocenters. The van der Waals surface area contributed by atoms with Gasteiger partial charge in [-0.3, -0.25) is 4.79 Å². The number of alkyl halides is 3. The number of ether oxygens (including phenoxy) is 1. The van der Waals surface area contributed by atoms with Crippen LogP contribution < -0.4 is 10.1 Å². The monoisotopic (exact) mass is 526 g/mol. The van der Waals surface area contributed by atoms with Crippen molar-refractivity contribution in [1.82, 2.24) is 4.31 Å². The Morgan fingerprint density at radius 2 is 1.74 bits per heavy atom. The third kappa shape index (κ3) is 6.53. The first-order valence-electron chi connectivity index (χ1n) is 10.4. The van der Waals surface area contributed by atoms with Crippen LogP contribution in [0.15, 0.2) is 71.6 Å². The number of hydrogen-bond acceptors (Lipinski definition) is 4. The molecule has 0 heterocycles. The van der Waals surface area contributed by atoms with Gasteiger partial charge >= 0.3 is 6.18 Å². The second-order valence-corrected chi connectivity index (χ2v) is 9.98. The number of nitrogens with zero attached hydrogens (tertiary/aromatic N) is 1. The van der Waals surface area contributed by atoms with Crippen molar-refractivity contribution in [2.75, 3.05) is 19.0 Å². The Balaban J connectivity index is 1.87. The van der Waals surface area contributed by atoms with Crippen LogP contribution >= 0.6 is 11.6 Å². The molecule has 0 spiro atoms. The highest BCUT2D eigenvalue weighted by atomic mass is 35.5. The summed E-state index contributed by atoms with van der Waals surface area (Å²) in [4.78, 5) is 12.8. The number of benzene rings is 3. The van der Waals surface area contributed by atoms with E-state index >= 15 is 0 Å². The molecule has 1 amide bonds. The van der Waals surface area contributed by atoms with Gasteiger partial charge in [0, 0.05) is 35.4 Å². The van der Waals surface area contributed by atoms with Gasteiger partial charge < -0.3 is 10.1 Å². The zero-order valence-corrected chi connectivity index (χ0v) is 20.3. The lowest BCUT2D eigenvalue weighted by molar-refractivity contribution is -0.137. The number of halogens is 4. The van der Waals surface area contributed by atoms with Gasteiger partial charge in [0.2, 0.25) is 10.0 Å². The van der Waals surface area contributed by atoms with E-state index in [2.05, 4.69) is 5.32 Å². The van der Waals surface area contributed by atoms with Gasteiger partial charge in [0.15, 0.2) is 0 Å². The maximum absolute atomic E-state index is 13.0. The van der Waals surface area contributed by atoms with E-state index < -0.39 is 27.7 Å². The predicted octanol–water partition coefficient (Wildman–Crippen LogP) is 5.83. The molecule has 0 saturated heterocycles. The number of nitrogens with one attached hydrogen (secondary N) is 1. The van der Waals surface area contributed by atoms with Crippen LogP contribution in [0, 0.1) is 0 Å². The van der Waals surface area contributed by atoms with E-state index in [1.54, 1.807) is 6.92 Å². The molecular formula is C24H22ClF3N2O4S. The average molecular weight is 527 g/mol. The molecule has 6 nitrogen and oxygen atoms in total. The molecule has 0 bridgehead atoms. The minimum absolute atomic E-state index is 0.0253. The first kappa shape index (κ1) is 26.5. The number of sulfonamides is 1. The molecule has 3 aromatic carbocycles. The maximum atomic E-state index is 13.0. The summed E-state index contributed by atoms with van der Waals surface area (Å²) in [6.07, 6.45) is -4.55. The lowest BCUT2D eigenvalue weighted by Gasteiger charge is -2.20. The zero-order valence-electron chi connectivity index (χ0n) is 18.8. The normalized spacial score (nSPS) is 12.0. The van der Waals surface area contributed by atoms with Crippen LogP contribution in [-0.4, -0.2) is 32.3 Å². The highest BCUT2D eigenvalue weighted by Crippen LogP contribution is 2.31. The van der Waals surface area contributed by atoms with Crippen LogP contribution in [0.25, 0.3) is 0 Å². The smallest absolute Gasteiger partial charge is 0.416 e. The SMILES string of the molecule is CCOc1ccc(C(=O)Nc2cccc(C(F)(F)F)c2)cc1CN(C)S(=O)(=O)c1ccc(Cl)cc1. The Labute approximate surface area is 206 Å². The molecule has 0 aromatic heterocycles. The molecule has 0 aliphatic carbocycles. The molecule has 0 radical (unpaired) electrons. The third-order valence-electron chi connectivity index (χ3n) is 4.99. The summed E-state index contributed by atoms with van der Waals surface area (Å²) < 4.78 is 71.5. The summed E-state index contributed by atoms with van der Waals surface area (Å²) in [5.74, 6) is -0.280. The lowest BCUT2D eigenvalue weighted by atomic mass is 10.1. The average Bonchev–Trinajstić information content (AvgIpc) is 2.80. The standard InChI is InChI=1S/C24H22ClF3N2O4S/c1-3-34-22-12-7-16(23(31)29-20-6-4-5-18(14-20)24(26,27)28)13-17(22)15-30(2)35(32,33)21-10-8-19(25)9-11-21/h4-14H,3,15H2,1-2H3,(H,29,31). The van der Waals surface area contributed by atoms with Gasteiger partial charge in [-0.2, -0.15) is 17.5 Å². The lowest BCUT2D eigenvalue weighted by Crippen LogP contribution is -2.27. The van der Waals surface area contributed by atoms with E-state index in [0.29, 0.717) is 22.9 Å². The van der Waals surface area contributed by atoms with Crippen LogP contribution in [0.1, 0.15) is 28.4 Å². The second kappa shape index (κ2) is 10.7. The van der Waals surface area contributed by atoms with Crippen molar-refractivity contribution in [2.45, 2.75) is 24.5 Å². The number of hydrogen-bond donors (Lipinski definition) is 1. The molecule has 1 N–H and O–H groups in total. The van der Waals surface area contributed by atoms with Gasteiger partial charge in [0.1, 0.15) is 5.75 Å². The second-order valence-electron chi connectivity index (χ2n) is 7.50. The number of rotatable bonds is 8. The van der Waals surface area contributed by atoms with Gasteiger partial charge in [0.05, 0.1) is 17.1 Å². The quantitative estimate of drug-likeness (QED) is 0.401. The van der Waals surface area contributed by atoms with Crippen molar-refractivity contribution in [1.29, 1.82) is 0 Å². The number of amides is 1. The Hall–Kier alpha value is -3.08. The molecule has 0 fully saturated rings. The number of carbonyl (C=O) groups is 1. The Morgan fingerprint density at radius 3 is 2.37 bits per heavy atom. The Kier molecular flexibility index (Phi) is 8.09. The minimum atomic E-state index is -4.55. The number of anilines is 1. The maximum Gasteiger partial charge on any atom is 0.416 e. The van der Waals surface area contributed by atoms with Crippen molar-refractivity contribution in [3.05, 3.63) is 88.4 Å². The Morgan fingerprint density at radius 1 is 1.06 bits per heavy atom. The summed E-state index contributed by atoms with van der Waals surface area (Å²) in [7, 11) is -2.49. The molecular weight excluding hydrogens is 505 g/mol. The highest BCUT2D eigenvalue weighted by Gasteiger charge is 2.30. The van der Waals surface area contributed by atoms with E-state index in [-0.39, 0.29) is 22.7 Å². The van der Waals surface area contributed by atoms with Crippen molar-refractivity contribution in [3.8, 4) is 5.75 Å². The van der Waals surface area contributed by atoms with Crippen molar-refractivity contribution >= 4 is 33.2 Å². The van der Waals surface area contributed by atoms with Gasteiger partial charge in [-0.05, 0) is 67.6 Å². The molecule has 11 heteroatoms. The zero-order chi connectivity index (χ0) is 25.8. The first-order valence-corrected chi connectivity index (χ1v) is 12.2. The van der Waals surface area contributed by atoms with Crippen molar-refractivity contribution in [3.63, 3.8) is 0 Å². The fourth-order valence-corrected chi connectivity index (χ4v) is 4.50. The summed E-state index contributed by atoms with van der Waals surface area (Å²) in [5.41, 5.74) is -0.388. The fraction of sp³-hybridized carbons (Fsp3) is 0.208. The predicted molar refractivity (Wildman–Crippen MR) is 127 cm³/mol. The molecule has 0 saturated carbocycles. The van der Waals surface area contributed by atoms with Crippen molar-refractivity contribution < 1.29 is 31.1 Å². The van der Waals surface area contributed by atoms with Crippen LogP contribution in [0.2, 0.25) is 5.02 Å². The van der Waals surface area contributed by atoms with Crippen molar-refractivity contribution in [2.24, 2.45) is 0 Å². The fourth-order valence-electron chi connectivity index (χ4n) is 3.23. The van der Waals surface area contributed by atoms with E-state index in [0.717, 1.165) is 16.4 Å². The van der Waals surface area contributed by atoms with Crippen LogP contribution in [0.3, 0.4) is 0 Å². The van der Waals surface area contributed by atoms with E-state index in [9.17, 15) is 26.4 Å². The summed E-state index contributed by atoms with van der Waals surface area (Å²) >= 11 is 5.84. The summed E-state index contributed by atoms with van der Waals surface area (Å²) in [6, 6.07) is 14.4. The van der Waals surface area contributed by atoms with E-state index in [1.165, 1.54) is 61.6 Å². The number of carbonyl (C=O) groups excluding carboxylic acids is 1.